The Bertz CT molecular complexity index is 177. The molecule has 0 aliphatic rings. The number of hydrogen-bond donors (Lipinski definition) is 1. The summed E-state index contributed by atoms with van der Waals surface area (Å²) in [5.41, 5.74) is -1.44. The van der Waals surface area contributed by atoms with Gasteiger partial charge in [0, 0.05) is 6.08 Å². The summed E-state index contributed by atoms with van der Waals surface area (Å²) in [6, 6.07) is 0. The fourth-order valence-corrected chi connectivity index (χ4v) is 0.658. The van der Waals surface area contributed by atoms with Gasteiger partial charge in [0.1, 0.15) is 11.7 Å². The van der Waals surface area contributed by atoms with Crippen LogP contribution in [0.15, 0.2) is 12.7 Å². The maximum atomic E-state index is 10.7. The van der Waals surface area contributed by atoms with Crippen molar-refractivity contribution in [3.8, 4) is 0 Å². The minimum Gasteiger partial charge on any atom is -0.456 e. The van der Waals surface area contributed by atoms with Crippen LogP contribution < -0.4 is 0 Å². The molecular formula is C8H12ClO3. The van der Waals surface area contributed by atoms with E-state index < -0.39 is 17.7 Å². The Morgan fingerprint density at radius 3 is 2.75 bits per heavy atom. The second kappa shape index (κ2) is 4.48. The number of carbonyl (C=O) groups excluding carboxylic acids is 1. The molecule has 0 fully saturated rings. The van der Waals surface area contributed by atoms with Gasteiger partial charge in [0.05, 0.1) is 5.88 Å². The Kier molecular flexibility index (Phi) is 4.28. The third-order valence-electron chi connectivity index (χ3n) is 1.45. The molecule has 0 heterocycles. The molecule has 0 aromatic carbocycles. The van der Waals surface area contributed by atoms with Crippen LogP contribution in [0.4, 0.5) is 0 Å². The van der Waals surface area contributed by atoms with E-state index in [4.69, 9.17) is 16.3 Å². The zero-order chi connectivity index (χ0) is 9.78. The van der Waals surface area contributed by atoms with E-state index in [-0.39, 0.29) is 5.88 Å². The van der Waals surface area contributed by atoms with Gasteiger partial charge < -0.3 is 9.84 Å². The lowest BCUT2D eigenvalue weighted by Crippen LogP contribution is -2.42. The number of carbonyl (C=O) groups is 1. The first-order valence-electron chi connectivity index (χ1n) is 3.40. The van der Waals surface area contributed by atoms with Gasteiger partial charge in [-0.15, -0.1) is 11.6 Å². The van der Waals surface area contributed by atoms with Crippen molar-refractivity contribution in [2.75, 3.05) is 5.88 Å². The third kappa shape index (κ3) is 3.24. The van der Waals surface area contributed by atoms with Gasteiger partial charge in [-0.3, -0.25) is 0 Å². The summed E-state index contributed by atoms with van der Waals surface area (Å²) < 4.78 is 4.70. The van der Waals surface area contributed by atoms with Crippen molar-refractivity contribution in [2.45, 2.75) is 18.6 Å². The van der Waals surface area contributed by atoms with E-state index in [1.165, 1.54) is 6.92 Å². The monoisotopic (exact) mass is 191 g/mol. The van der Waals surface area contributed by atoms with E-state index in [0.717, 1.165) is 6.08 Å². The van der Waals surface area contributed by atoms with E-state index >= 15 is 0 Å². The summed E-state index contributed by atoms with van der Waals surface area (Å²) in [5.74, 6) is -0.701. The van der Waals surface area contributed by atoms with Gasteiger partial charge in [0.25, 0.3) is 0 Å². The van der Waals surface area contributed by atoms with Crippen LogP contribution in [-0.4, -0.2) is 28.7 Å². The van der Waals surface area contributed by atoms with Crippen LogP contribution in [0, 0.1) is 6.92 Å². The molecule has 0 spiro atoms. The predicted octanol–water partition coefficient (Wildman–Crippen LogP) is 0.908. The molecule has 0 aromatic rings. The van der Waals surface area contributed by atoms with Crippen LogP contribution in [0.2, 0.25) is 0 Å². The normalized spacial score (nSPS) is 17.7. The molecule has 12 heavy (non-hydrogen) atoms. The molecule has 2 unspecified atom stereocenters. The molecule has 3 nitrogen and oxygen atoms in total. The van der Waals surface area contributed by atoms with Crippen LogP contribution in [0.1, 0.15) is 6.92 Å². The second-order valence-electron chi connectivity index (χ2n) is 2.52. The Balaban J connectivity index is 4.11. The molecule has 69 valence electrons. The molecule has 1 radical (unpaired) electrons. The van der Waals surface area contributed by atoms with Gasteiger partial charge >= 0.3 is 5.97 Å². The molecule has 4 heteroatoms. The summed E-state index contributed by atoms with van der Waals surface area (Å²) in [6.07, 6.45) is 0.265. The first-order chi connectivity index (χ1) is 5.44. The molecule has 0 aliphatic heterocycles. The van der Waals surface area contributed by atoms with Gasteiger partial charge in [-0.25, -0.2) is 4.79 Å². The number of hydrogen-bond acceptors (Lipinski definition) is 3. The number of ether oxygens (including phenoxy) is 1. The lowest BCUT2D eigenvalue weighted by atomic mass is 10.0. The Labute approximate surface area is 77.0 Å². The Morgan fingerprint density at radius 1 is 1.92 bits per heavy atom. The third-order valence-corrected chi connectivity index (χ3v) is 1.91. The summed E-state index contributed by atoms with van der Waals surface area (Å²) in [6.45, 7) is 8.11. The molecule has 0 saturated carbocycles. The molecule has 0 rings (SSSR count). The molecule has 2 atom stereocenters. The highest BCUT2D eigenvalue weighted by molar-refractivity contribution is 6.18. The lowest BCUT2D eigenvalue weighted by molar-refractivity contribution is -0.151. The smallest absolute Gasteiger partial charge is 0.330 e. The Hall–Kier alpha value is -0.540. The average molecular weight is 192 g/mol. The van der Waals surface area contributed by atoms with E-state index in [1.807, 2.05) is 0 Å². The van der Waals surface area contributed by atoms with E-state index in [9.17, 15) is 9.90 Å². The molecule has 1 N–H and O–H groups in total. The summed E-state index contributed by atoms with van der Waals surface area (Å²) in [4.78, 5) is 10.7. The van der Waals surface area contributed by atoms with Crippen molar-refractivity contribution < 1.29 is 14.6 Å². The first-order valence-corrected chi connectivity index (χ1v) is 3.94. The van der Waals surface area contributed by atoms with Gasteiger partial charge in [-0.1, -0.05) is 6.58 Å². The number of alkyl halides is 1. The highest BCUT2D eigenvalue weighted by Crippen LogP contribution is 2.14. The number of esters is 1. The van der Waals surface area contributed by atoms with Crippen molar-refractivity contribution >= 4 is 17.6 Å². The highest BCUT2D eigenvalue weighted by atomic mass is 35.5. The van der Waals surface area contributed by atoms with Crippen LogP contribution in [0.5, 0.6) is 0 Å². The lowest BCUT2D eigenvalue weighted by Gasteiger charge is -2.26. The SMILES string of the molecule is [CH2]C(O)(CCl)C(C)OC(=O)C=C. The zero-order valence-electron chi connectivity index (χ0n) is 6.92. The van der Waals surface area contributed by atoms with Gasteiger partial charge in [-0.05, 0) is 13.8 Å². The van der Waals surface area contributed by atoms with Crippen molar-refractivity contribution in [1.82, 2.24) is 0 Å². The second-order valence-corrected chi connectivity index (χ2v) is 2.79. The average Bonchev–Trinajstić information content (AvgIpc) is 2.04. The van der Waals surface area contributed by atoms with Crippen LogP contribution in [-0.2, 0) is 9.53 Å². The molecule has 0 aliphatic carbocycles. The molecule has 0 amide bonds. The van der Waals surface area contributed by atoms with Crippen molar-refractivity contribution in [1.29, 1.82) is 0 Å². The van der Waals surface area contributed by atoms with Gasteiger partial charge in [0.2, 0.25) is 0 Å². The summed E-state index contributed by atoms with van der Waals surface area (Å²) in [7, 11) is 0. The minimum atomic E-state index is -1.44. The highest BCUT2D eigenvalue weighted by Gasteiger charge is 2.30. The van der Waals surface area contributed by atoms with E-state index in [0.29, 0.717) is 0 Å². The number of aliphatic hydroxyl groups is 1. The minimum absolute atomic E-state index is 0.0986. The van der Waals surface area contributed by atoms with E-state index in [2.05, 4.69) is 13.5 Å². The maximum Gasteiger partial charge on any atom is 0.330 e. The van der Waals surface area contributed by atoms with Crippen LogP contribution >= 0.6 is 11.6 Å². The van der Waals surface area contributed by atoms with Crippen LogP contribution in [0.3, 0.4) is 0 Å². The van der Waals surface area contributed by atoms with Crippen molar-refractivity contribution in [3.05, 3.63) is 19.6 Å². The van der Waals surface area contributed by atoms with Crippen molar-refractivity contribution in [3.63, 3.8) is 0 Å². The van der Waals surface area contributed by atoms with E-state index in [1.54, 1.807) is 0 Å². The quantitative estimate of drug-likeness (QED) is 0.408. The fraction of sp³-hybridized carbons (Fsp3) is 0.500. The molecule has 0 bridgehead atoms. The largest absolute Gasteiger partial charge is 0.456 e. The predicted molar refractivity (Wildman–Crippen MR) is 46.8 cm³/mol. The van der Waals surface area contributed by atoms with Gasteiger partial charge in [0.15, 0.2) is 0 Å². The van der Waals surface area contributed by atoms with Crippen molar-refractivity contribution in [2.24, 2.45) is 0 Å². The maximum absolute atomic E-state index is 10.7. The first kappa shape index (κ1) is 11.5. The Morgan fingerprint density at radius 2 is 2.42 bits per heavy atom. The topological polar surface area (TPSA) is 46.5 Å². The molecule has 0 saturated heterocycles. The summed E-state index contributed by atoms with van der Waals surface area (Å²) >= 11 is 5.39. The molecule has 0 aromatic heterocycles. The molecular weight excluding hydrogens is 180 g/mol. The summed E-state index contributed by atoms with van der Waals surface area (Å²) in [5, 5.41) is 9.38. The van der Waals surface area contributed by atoms with Crippen LogP contribution in [0.25, 0.3) is 0 Å². The van der Waals surface area contributed by atoms with Gasteiger partial charge in [-0.2, -0.15) is 0 Å². The number of rotatable bonds is 4. The zero-order valence-corrected chi connectivity index (χ0v) is 7.67. The standard InChI is InChI=1S/C8H12ClO3/c1-4-7(10)12-6(2)8(3,11)5-9/h4,6,11H,1,3,5H2,2H3. The number of halogens is 1. The fourth-order valence-electron chi connectivity index (χ4n) is 0.441.